The lowest BCUT2D eigenvalue weighted by molar-refractivity contribution is 0.0891. The Morgan fingerprint density at radius 3 is 3.11 bits per heavy atom. The minimum absolute atomic E-state index is 0.0453. The van der Waals surface area contributed by atoms with Crippen LogP contribution in [-0.4, -0.2) is 29.6 Å². The Labute approximate surface area is 105 Å². The van der Waals surface area contributed by atoms with Gasteiger partial charge < -0.3 is 15.0 Å². The Hall–Kier alpha value is -1.81. The van der Waals surface area contributed by atoms with Crippen molar-refractivity contribution in [2.24, 2.45) is 0 Å². The molecule has 4 heteroatoms. The van der Waals surface area contributed by atoms with E-state index in [1.807, 2.05) is 37.4 Å². The molecule has 1 aliphatic rings. The Balaban J connectivity index is 1.90. The molecular formula is C14H16N2O2. The van der Waals surface area contributed by atoms with E-state index in [4.69, 9.17) is 4.74 Å². The van der Waals surface area contributed by atoms with Gasteiger partial charge in [-0.1, -0.05) is 12.1 Å². The number of ether oxygens (including phenoxy) is 1. The van der Waals surface area contributed by atoms with Crippen LogP contribution in [0.5, 0.6) is 0 Å². The minimum Gasteiger partial charge on any atom is -0.379 e. The molecule has 0 bridgehead atoms. The van der Waals surface area contributed by atoms with Gasteiger partial charge in [0.1, 0.15) is 0 Å². The fraction of sp³-hybridized carbons (Fsp3) is 0.357. The maximum atomic E-state index is 12.3. The molecule has 2 aromatic rings. The summed E-state index contributed by atoms with van der Waals surface area (Å²) in [7, 11) is 0. The van der Waals surface area contributed by atoms with Gasteiger partial charge >= 0.3 is 0 Å². The summed E-state index contributed by atoms with van der Waals surface area (Å²) < 4.78 is 5.35. The van der Waals surface area contributed by atoms with Gasteiger partial charge in [0, 0.05) is 18.2 Å². The molecule has 0 saturated carbocycles. The molecule has 3 rings (SSSR count). The molecular weight excluding hydrogens is 228 g/mol. The molecule has 0 aliphatic carbocycles. The zero-order valence-corrected chi connectivity index (χ0v) is 10.3. The molecule has 0 spiro atoms. The molecule has 2 heterocycles. The van der Waals surface area contributed by atoms with Crippen LogP contribution < -0.4 is 5.32 Å². The molecule has 1 aromatic heterocycles. The average Bonchev–Trinajstić information content (AvgIpc) is 2.96. The topological polar surface area (TPSA) is 54.1 Å². The molecule has 1 aromatic carbocycles. The first-order chi connectivity index (χ1) is 8.68. The molecule has 1 saturated heterocycles. The van der Waals surface area contributed by atoms with Crippen molar-refractivity contribution in [1.29, 1.82) is 0 Å². The van der Waals surface area contributed by atoms with E-state index in [1.54, 1.807) is 0 Å². The second kappa shape index (κ2) is 4.14. The maximum absolute atomic E-state index is 12.3. The van der Waals surface area contributed by atoms with E-state index in [2.05, 4.69) is 10.3 Å². The third-order valence-electron chi connectivity index (χ3n) is 3.47. The predicted octanol–water partition coefficient (Wildman–Crippen LogP) is 2.08. The summed E-state index contributed by atoms with van der Waals surface area (Å²) in [6, 6.07) is 7.70. The molecule has 1 aliphatic heterocycles. The minimum atomic E-state index is -0.244. The number of aromatic amines is 1. The monoisotopic (exact) mass is 244 g/mol. The normalized spacial score (nSPS) is 23.4. The van der Waals surface area contributed by atoms with Crippen LogP contribution in [0.1, 0.15) is 23.7 Å². The second-order valence-electron chi connectivity index (χ2n) is 5.06. The Bertz CT molecular complexity index is 582. The number of carbonyl (C=O) groups excluding carboxylic acids is 1. The third kappa shape index (κ3) is 1.88. The molecule has 1 unspecified atom stereocenters. The first kappa shape index (κ1) is 11.3. The number of hydrogen-bond acceptors (Lipinski definition) is 2. The largest absolute Gasteiger partial charge is 0.379 e. The summed E-state index contributed by atoms with van der Waals surface area (Å²) in [6.07, 6.45) is 2.71. The van der Waals surface area contributed by atoms with Crippen LogP contribution in [0.2, 0.25) is 0 Å². The highest BCUT2D eigenvalue weighted by molar-refractivity contribution is 6.05. The summed E-state index contributed by atoms with van der Waals surface area (Å²) >= 11 is 0. The molecule has 1 amide bonds. The van der Waals surface area contributed by atoms with Gasteiger partial charge in [-0.05, 0) is 25.5 Å². The van der Waals surface area contributed by atoms with Gasteiger partial charge in [0.2, 0.25) is 0 Å². The number of benzene rings is 1. The van der Waals surface area contributed by atoms with Gasteiger partial charge in [-0.2, -0.15) is 0 Å². The Morgan fingerprint density at radius 1 is 1.44 bits per heavy atom. The number of rotatable bonds is 2. The lowest BCUT2D eigenvalue weighted by Crippen LogP contribution is -2.46. The third-order valence-corrected chi connectivity index (χ3v) is 3.47. The van der Waals surface area contributed by atoms with Crippen molar-refractivity contribution in [2.45, 2.75) is 18.9 Å². The highest BCUT2D eigenvalue weighted by Gasteiger charge is 2.31. The number of aromatic nitrogens is 1. The molecule has 94 valence electrons. The average molecular weight is 244 g/mol. The number of hydrogen-bond donors (Lipinski definition) is 2. The van der Waals surface area contributed by atoms with Crippen molar-refractivity contribution in [3.63, 3.8) is 0 Å². The van der Waals surface area contributed by atoms with Crippen molar-refractivity contribution < 1.29 is 9.53 Å². The van der Waals surface area contributed by atoms with Crippen molar-refractivity contribution in [3.8, 4) is 0 Å². The van der Waals surface area contributed by atoms with Gasteiger partial charge in [-0.25, -0.2) is 0 Å². The maximum Gasteiger partial charge on any atom is 0.253 e. The summed E-state index contributed by atoms with van der Waals surface area (Å²) in [4.78, 5) is 15.4. The molecule has 0 radical (unpaired) electrons. The number of carbonyl (C=O) groups is 1. The van der Waals surface area contributed by atoms with Crippen LogP contribution >= 0.6 is 0 Å². The van der Waals surface area contributed by atoms with Crippen LogP contribution in [0, 0.1) is 0 Å². The molecule has 4 nitrogen and oxygen atoms in total. The molecule has 1 fully saturated rings. The number of H-pyrrole nitrogens is 1. The number of para-hydroxylation sites is 1. The van der Waals surface area contributed by atoms with E-state index >= 15 is 0 Å². The zero-order valence-electron chi connectivity index (χ0n) is 10.3. The van der Waals surface area contributed by atoms with E-state index in [-0.39, 0.29) is 11.4 Å². The number of fused-ring (bicyclic) bond motifs is 1. The predicted molar refractivity (Wildman–Crippen MR) is 69.6 cm³/mol. The second-order valence-corrected chi connectivity index (χ2v) is 5.06. The Kier molecular flexibility index (Phi) is 2.59. The number of nitrogens with one attached hydrogen (secondary N) is 2. The summed E-state index contributed by atoms with van der Waals surface area (Å²) in [6.45, 7) is 3.32. The summed E-state index contributed by atoms with van der Waals surface area (Å²) in [5.74, 6) is -0.0453. The van der Waals surface area contributed by atoms with Crippen LogP contribution in [0.4, 0.5) is 0 Å². The number of amides is 1. The zero-order chi connectivity index (χ0) is 12.6. The Morgan fingerprint density at radius 2 is 2.33 bits per heavy atom. The molecule has 18 heavy (non-hydrogen) atoms. The lowest BCUT2D eigenvalue weighted by atomic mass is 10.0. The quantitative estimate of drug-likeness (QED) is 0.849. The highest BCUT2D eigenvalue weighted by atomic mass is 16.5. The SMILES string of the molecule is CC1(NC(=O)c2cccc3cc[nH]c23)CCOC1. The van der Waals surface area contributed by atoms with Crippen LogP contribution in [0.15, 0.2) is 30.5 Å². The molecule has 2 N–H and O–H groups in total. The van der Waals surface area contributed by atoms with Crippen molar-refractivity contribution >= 4 is 16.8 Å². The van der Waals surface area contributed by atoms with Gasteiger partial charge in [0.25, 0.3) is 5.91 Å². The summed E-state index contributed by atoms with van der Waals surface area (Å²) in [5, 5.41) is 4.12. The van der Waals surface area contributed by atoms with Crippen molar-refractivity contribution in [3.05, 3.63) is 36.0 Å². The van der Waals surface area contributed by atoms with E-state index in [0.717, 1.165) is 17.3 Å². The van der Waals surface area contributed by atoms with Crippen LogP contribution in [-0.2, 0) is 4.74 Å². The van der Waals surface area contributed by atoms with E-state index in [9.17, 15) is 4.79 Å². The molecule has 1 atom stereocenters. The standard InChI is InChI=1S/C14H16N2O2/c1-14(6-8-18-9-14)16-13(17)11-4-2-3-10-5-7-15-12(10)11/h2-5,7,15H,6,8-9H2,1H3,(H,16,17). The van der Waals surface area contributed by atoms with E-state index < -0.39 is 0 Å². The van der Waals surface area contributed by atoms with Gasteiger partial charge in [0.05, 0.1) is 23.2 Å². The van der Waals surface area contributed by atoms with E-state index in [1.165, 1.54) is 0 Å². The lowest BCUT2D eigenvalue weighted by Gasteiger charge is -2.23. The highest BCUT2D eigenvalue weighted by Crippen LogP contribution is 2.21. The summed E-state index contributed by atoms with van der Waals surface area (Å²) in [5.41, 5.74) is 1.33. The van der Waals surface area contributed by atoms with E-state index in [0.29, 0.717) is 18.8 Å². The fourth-order valence-corrected chi connectivity index (χ4v) is 2.38. The van der Waals surface area contributed by atoms with Crippen molar-refractivity contribution in [1.82, 2.24) is 10.3 Å². The van der Waals surface area contributed by atoms with Crippen LogP contribution in [0.25, 0.3) is 10.9 Å². The van der Waals surface area contributed by atoms with Crippen molar-refractivity contribution in [2.75, 3.05) is 13.2 Å². The van der Waals surface area contributed by atoms with Gasteiger partial charge in [0.15, 0.2) is 0 Å². The smallest absolute Gasteiger partial charge is 0.253 e. The fourth-order valence-electron chi connectivity index (χ4n) is 2.38. The van der Waals surface area contributed by atoms with Crippen LogP contribution in [0.3, 0.4) is 0 Å². The van der Waals surface area contributed by atoms with Gasteiger partial charge in [-0.15, -0.1) is 0 Å². The first-order valence-corrected chi connectivity index (χ1v) is 6.14. The van der Waals surface area contributed by atoms with Gasteiger partial charge in [-0.3, -0.25) is 4.79 Å². The first-order valence-electron chi connectivity index (χ1n) is 6.14.